The van der Waals surface area contributed by atoms with E-state index in [0.29, 0.717) is 28.8 Å². The van der Waals surface area contributed by atoms with Crippen molar-refractivity contribution in [2.75, 3.05) is 12.4 Å². The number of allylic oxidation sites excluding steroid dienone is 2. The van der Waals surface area contributed by atoms with Gasteiger partial charge >= 0.3 is 0 Å². The van der Waals surface area contributed by atoms with Crippen molar-refractivity contribution in [3.63, 3.8) is 0 Å². The molecule has 1 aliphatic heterocycles. The van der Waals surface area contributed by atoms with Gasteiger partial charge in [-0.1, -0.05) is 54.1 Å². The Kier molecular flexibility index (Phi) is 6.23. The van der Waals surface area contributed by atoms with Crippen LogP contribution in [0.2, 0.25) is 5.02 Å². The number of nitrogens with one attached hydrogen (secondary N) is 1. The third kappa shape index (κ3) is 4.03. The maximum Gasteiger partial charge on any atom is 0.292 e. The van der Waals surface area contributed by atoms with Gasteiger partial charge in [-0.25, -0.2) is 0 Å². The average Bonchev–Trinajstić information content (AvgIpc) is 3.33. The molecule has 2 aliphatic rings. The summed E-state index contributed by atoms with van der Waals surface area (Å²) in [4.78, 5) is 11.4. The van der Waals surface area contributed by atoms with E-state index in [2.05, 4.69) is 33.4 Å². The maximum absolute atomic E-state index is 11.7. The minimum atomic E-state index is -0.329. The van der Waals surface area contributed by atoms with Crippen LogP contribution in [0.3, 0.4) is 0 Å². The third-order valence-corrected chi connectivity index (χ3v) is 7.47. The Morgan fingerprint density at radius 2 is 2.03 bits per heavy atom. The van der Waals surface area contributed by atoms with Gasteiger partial charge in [-0.2, -0.15) is 0 Å². The first-order chi connectivity index (χ1) is 16.5. The van der Waals surface area contributed by atoms with Gasteiger partial charge in [0.05, 0.1) is 22.5 Å². The zero-order valence-corrected chi connectivity index (χ0v) is 20.7. The first-order valence-corrected chi connectivity index (χ1v) is 12.1. The lowest BCUT2D eigenvalue weighted by Gasteiger charge is -2.37. The summed E-state index contributed by atoms with van der Waals surface area (Å²) in [6, 6.07) is 16.6. The second-order valence-corrected chi connectivity index (χ2v) is 9.65. The van der Waals surface area contributed by atoms with Crippen molar-refractivity contribution >= 4 is 38.9 Å². The predicted octanol–water partition coefficient (Wildman–Crippen LogP) is 7.42. The lowest BCUT2D eigenvalue weighted by molar-refractivity contribution is -0.384. The van der Waals surface area contributed by atoms with Crippen LogP contribution in [-0.2, 0) is 6.61 Å². The normalized spacial score (nSPS) is 20.3. The monoisotopic (exact) mass is 540 g/mol. The quantitative estimate of drug-likeness (QED) is 0.200. The van der Waals surface area contributed by atoms with Crippen LogP contribution in [0.4, 0.5) is 11.4 Å². The van der Waals surface area contributed by atoms with E-state index in [1.54, 1.807) is 19.2 Å². The molecular weight excluding hydrogens is 520 g/mol. The standard InChI is InChI=1S/C26H22BrClN2O4/c1-33-23-13-16(12-20(27)26(23)34-14-15-6-2-3-10-21(15)28)24-18-8-4-7-17(18)19-9-5-11-22(30(31)32)25(19)29-24/h2-7,9-13,17-18,24,29H,8,14H2,1H3/t17-,18-,24-/m0/s1. The van der Waals surface area contributed by atoms with Gasteiger partial charge in [-0.15, -0.1) is 0 Å². The Morgan fingerprint density at radius 3 is 2.79 bits per heavy atom. The minimum absolute atomic E-state index is 0.0898. The molecule has 0 radical (unpaired) electrons. The van der Waals surface area contributed by atoms with Gasteiger partial charge in [0.15, 0.2) is 11.5 Å². The van der Waals surface area contributed by atoms with Gasteiger partial charge in [0.1, 0.15) is 12.3 Å². The van der Waals surface area contributed by atoms with E-state index in [4.69, 9.17) is 21.1 Å². The lowest BCUT2D eigenvalue weighted by Crippen LogP contribution is -2.29. The molecule has 0 unspecified atom stereocenters. The summed E-state index contributed by atoms with van der Waals surface area (Å²) in [5.74, 6) is 1.51. The highest BCUT2D eigenvalue weighted by molar-refractivity contribution is 9.10. The Hall–Kier alpha value is -3.03. The summed E-state index contributed by atoms with van der Waals surface area (Å²) in [6.45, 7) is 0.295. The molecule has 1 heterocycles. The molecule has 34 heavy (non-hydrogen) atoms. The van der Waals surface area contributed by atoms with Crippen LogP contribution >= 0.6 is 27.5 Å². The molecule has 1 aliphatic carbocycles. The first kappa shape index (κ1) is 22.7. The number of para-hydroxylation sites is 1. The molecule has 0 aromatic heterocycles. The lowest BCUT2D eigenvalue weighted by atomic mass is 9.76. The summed E-state index contributed by atoms with van der Waals surface area (Å²) >= 11 is 9.92. The number of nitro groups is 1. The van der Waals surface area contributed by atoms with Crippen molar-refractivity contribution < 1.29 is 14.4 Å². The highest BCUT2D eigenvalue weighted by Gasteiger charge is 2.40. The summed E-state index contributed by atoms with van der Waals surface area (Å²) in [6.07, 6.45) is 5.20. The number of nitro benzene ring substituents is 1. The molecule has 0 saturated carbocycles. The fourth-order valence-electron chi connectivity index (χ4n) is 4.91. The molecule has 3 atom stereocenters. The van der Waals surface area contributed by atoms with E-state index >= 15 is 0 Å². The zero-order valence-electron chi connectivity index (χ0n) is 18.3. The fourth-order valence-corrected chi connectivity index (χ4v) is 5.68. The number of hydrogen-bond donors (Lipinski definition) is 1. The molecule has 0 spiro atoms. The highest BCUT2D eigenvalue weighted by atomic mass is 79.9. The van der Waals surface area contributed by atoms with E-state index < -0.39 is 0 Å². The number of ether oxygens (including phenoxy) is 2. The Balaban J connectivity index is 1.50. The Labute approximate surface area is 210 Å². The van der Waals surface area contributed by atoms with Crippen molar-refractivity contribution in [3.8, 4) is 11.5 Å². The molecule has 3 aromatic rings. The number of halogens is 2. The molecule has 3 aromatic carbocycles. The van der Waals surface area contributed by atoms with Gasteiger partial charge in [0.25, 0.3) is 5.69 Å². The third-order valence-electron chi connectivity index (χ3n) is 6.51. The number of rotatable bonds is 6. The molecule has 8 heteroatoms. The predicted molar refractivity (Wildman–Crippen MR) is 136 cm³/mol. The van der Waals surface area contributed by atoms with E-state index in [-0.39, 0.29) is 28.5 Å². The van der Waals surface area contributed by atoms with Crippen LogP contribution in [0, 0.1) is 16.0 Å². The molecule has 5 rings (SSSR count). The molecular formula is C26H22BrClN2O4. The second kappa shape index (κ2) is 9.31. The highest BCUT2D eigenvalue weighted by Crippen LogP contribution is 2.53. The van der Waals surface area contributed by atoms with Crippen molar-refractivity contribution in [2.45, 2.75) is 25.0 Å². The van der Waals surface area contributed by atoms with Gasteiger partial charge in [-0.05, 0) is 57.6 Å². The van der Waals surface area contributed by atoms with Crippen molar-refractivity contribution in [1.82, 2.24) is 0 Å². The van der Waals surface area contributed by atoms with Crippen LogP contribution in [-0.4, -0.2) is 12.0 Å². The summed E-state index contributed by atoms with van der Waals surface area (Å²) in [5.41, 5.74) is 3.48. The molecule has 1 N–H and O–H groups in total. The van der Waals surface area contributed by atoms with E-state index in [9.17, 15) is 10.1 Å². The van der Waals surface area contributed by atoms with Crippen LogP contribution in [0.1, 0.15) is 35.1 Å². The SMILES string of the molecule is COc1cc([C@@H]2Nc3c(cccc3[N+](=O)[O-])[C@H]3C=CC[C@@H]32)cc(Br)c1OCc1ccccc1Cl. The van der Waals surface area contributed by atoms with E-state index in [1.807, 2.05) is 42.5 Å². The maximum atomic E-state index is 11.7. The summed E-state index contributed by atoms with van der Waals surface area (Å²) in [5, 5.41) is 15.8. The molecule has 0 fully saturated rings. The largest absolute Gasteiger partial charge is 0.493 e. The van der Waals surface area contributed by atoms with Crippen LogP contribution in [0.5, 0.6) is 11.5 Å². The molecule has 0 amide bonds. The number of benzene rings is 3. The Morgan fingerprint density at radius 1 is 1.21 bits per heavy atom. The smallest absolute Gasteiger partial charge is 0.292 e. The number of fused-ring (bicyclic) bond motifs is 3. The molecule has 174 valence electrons. The van der Waals surface area contributed by atoms with Gasteiger partial charge in [0, 0.05) is 22.6 Å². The van der Waals surface area contributed by atoms with Crippen molar-refractivity contribution in [2.24, 2.45) is 5.92 Å². The second-order valence-electron chi connectivity index (χ2n) is 8.39. The van der Waals surface area contributed by atoms with Gasteiger partial charge in [-0.3, -0.25) is 10.1 Å². The van der Waals surface area contributed by atoms with E-state index in [1.165, 1.54) is 0 Å². The summed E-state index contributed by atoms with van der Waals surface area (Å²) < 4.78 is 12.5. The average molecular weight is 542 g/mol. The topological polar surface area (TPSA) is 73.6 Å². The minimum Gasteiger partial charge on any atom is -0.493 e. The Bertz CT molecular complexity index is 1300. The number of nitrogens with zero attached hydrogens (tertiary/aromatic N) is 1. The van der Waals surface area contributed by atoms with Gasteiger partial charge in [0.2, 0.25) is 0 Å². The van der Waals surface area contributed by atoms with Crippen molar-refractivity contribution in [1.29, 1.82) is 0 Å². The molecule has 0 saturated heterocycles. The van der Waals surface area contributed by atoms with Crippen LogP contribution < -0.4 is 14.8 Å². The summed E-state index contributed by atoms with van der Waals surface area (Å²) in [7, 11) is 1.60. The zero-order chi connectivity index (χ0) is 23.8. The number of methoxy groups -OCH3 is 1. The van der Waals surface area contributed by atoms with Crippen LogP contribution in [0.15, 0.2) is 71.2 Å². The van der Waals surface area contributed by atoms with Crippen LogP contribution in [0.25, 0.3) is 0 Å². The van der Waals surface area contributed by atoms with Crippen molar-refractivity contribution in [3.05, 3.63) is 103 Å². The van der Waals surface area contributed by atoms with E-state index in [0.717, 1.165) is 27.6 Å². The fraction of sp³-hybridized carbons (Fsp3) is 0.231. The number of anilines is 1. The number of hydrogen-bond acceptors (Lipinski definition) is 5. The first-order valence-electron chi connectivity index (χ1n) is 10.9. The molecule has 0 bridgehead atoms. The van der Waals surface area contributed by atoms with Gasteiger partial charge < -0.3 is 14.8 Å². The molecule has 6 nitrogen and oxygen atoms in total.